The summed E-state index contributed by atoms with van der Waals surface area (Å²) < 4.78 is 0. The van der Waals surface area contributed by atoms with Crippen LogP contribution in [0.3, 0.4) is 0 Å². The van der Waals surface area contributed by atoms with Crippen molar-refractivity contribution in [3.8, 4) is 0 Å². The summed E-state index contributed by atoms with van der Waals surface area (Å²) in [6.07, 6.45) is 0.886. The molecule has 0 saturated carbocycles. The molecule has 2 nitrogen and oxygen atoms in total. The lowest BCUT2D eigenvalue weighted by Crippen LogP contribution is -2.23. The molecule has 1 unspecified atom stereocenters. The zero-order valence-electron chi connectivity index (χ0n) is 12.9. The third-order valence-corrected chi connectivity index (χ3v) is 4.31. The minimum Gasteiger partial charge on any atom is -0.368 e. The van der Waals surface area contributed by atoms with Crippen LogP contribution in [0.2, 0.25) is 5.02 Å². The molecular weight excluding hydrogens is 280 g/mol. The van der Waals surface area contributed by atoms with Gasteiger partial charge in [-0.1, -0.05) is 47.5 Å². The van der Waals surface area contributed by atoms with Crippen LogP contribution in [-0.4, -0.2) is 13.6 Å². The molecule has 112 valence electrons. The largest absolute Gasteiger partial charge is 0.368 e. The highest BCUT2D eigenvalue weighted by molar-refractivity contribution is 6.31. The lowest BCUT2D eigenvalue weighted by Gasteiger charge is -2.30. The van der Waals surface area contributed by atoms with Gasteiger partial charge in [0, 0.05) is 17.8 Å². The minimum absolute atomic E-state index is 0.206. The number of halogens is 1. The second-order valence-corrected chi connectivity index (χ2v) is 5.89. The summed E-state index contributed by atoms with van der Waals surface area (Å²) in [5.74, 6) is 0. The van der Waals surface area contributed by atoms with Crippen LogP contribution in [-0.2, 0) is 6.42 Å². The van der Waals surface area contributed by atoms with Crippen molar-refractivity contribution in [1.82, 2.24) is 0 Å². The summed E-state index contributed by atoms with van der Waals surface area (Å²) in [6, 6.07) is 14.8. The van der Waals surface area contributed by atoms with Gasteiger partial charge in [0.05, 0.1) is 6.04 Å². The highest BCUT2D eigenvalue weighted by atomic mass is 35.5. The van der Waals surface area contributed by atoms with E-state index in [-0.39, 0.29) is 6.04 Å². The normalized spacial score (nSPS) is 12.2. The van der Waals surface area contributed by atoms with Gasteiger partial charge in [-0.2, -0.15) is 0 Å². The molecule has 0 saturated heterocycles. The first-order valence-electron chi connectivity index (χ1n) is 7.31. The Morgan fingerprint density at radius 3 is 2.57 bits per heavy atom. The van der Waals surface area contributed by atoms with Crippen LogP contribution in [0.15, 0.2) is 42.5 Å². The topological polar surface area (TPSA) is 29.3 Å². The van der Waals surface area contributed by atoms with Crippen molar-refractivity contribution >= 4 is 17.3 Å². The molecule has 0 radical (unpaired) electrons. The number of hydrogen-bond donors (Lipinski definition) is 1. The maximum atomic E-state index is 6.33. The number of hydrogen-bond acceptors (Lipinski definition) is 2. The van der Waals surface area contributed by atoms with Crippen molar-refractivity contribution in [3.63, 3.8) is 0 Å². The Morgan fingerprint density at radius 2 is 1.90 bits per heavy atom. The number of nitrogens with zero attached hydrogens (tertiary/aromatic N) is 1. The Balaban J connectivity index is 2.35. The molecule has 0 aliphatic heterocycles. The zero-order valence-corrected chi connectivity index (χ0v) is 13.7. The fourth-order valence-corrected chi connectivity index (χ4v) is 2.94. The second-order valence-electron chi connectivity index (χ2n) is 5.48. The average Bonchev–Trinajstić information content (AvgIpc) is 2.47. The number of aryl methyl sites for hydroxylation is 1. The first-order chi connectivity index (χ1) is 10.0. The van der Waals surface area contributed by atoms with Crippen LogP contribution < -0.4 is 10.6 Å². The van der Waals surface area contributed by atoms with Gasteiger partial charge in [-0.25, -0.2) is 0 Å². The number of anilines is 1. The van der Waals surface area contributed by atoms with Crippen LogP contribution >= 0.6 is 11.6 Å². The quantitative estimate of drug-likeness (QED) is 0.890. The van der Waals surface area contributed by atoms with Gasteiger partial charge in [0.15, 0.2) is 0 Å². The van der Waals surface area contributed by atoms with E-state index < -0.39 is 0 Å². The van der Waals surface area contributed by atoms with E-state index in [9.17, 15) is 0 Å². The van der Waals surface area contributed by atoms with E-state index in [1.807, 2.05) is 18.2 Å². The molecule has 2 aromatic carbocycles. The summed E-state index contributed by atoms with van der Waals surface area (Å²) in [5.41, 5.74) is 10.7. The van der Waals surface area contributed by atoms with Crippen LogP contribution in [0.5, 0.6) is 0 Å². The molecular formula is C18H23ClN2. The Morgan fingerprint density at radius 1 is 1.19 bits per heavy atom. The van der Waals surface area contributed by atoms with E-state index in [4.69, 9.17) is 17.3 Å². The molecule has 2 rings (SSSR count). The van der Waals surface area contributed by atoms with Gasteiger partial charge in [0.2, 0.25) is 0 Å². The molecule has 0 heterocycles. The maximum absolute atomic E-state index is 6.33. The van der Waals surface area contributed by atoms with Crippen molar-refractivity contribution in [2.24, 2.45) is 5.73 Å². The third kappa shape index (κ3) is 3.58. The standard InChI is InChI=1S/C18H23ClN2/c1-13-8-9-18(15(12-13)10-11-20)21(3)14(2)16-6-4-5-7-17(16)19/h4-9,12,14H,10-11,20H2,1-3H3. The average molecular weight is 303 g/mol. The minimum atomic E-state index is 0.206. The first kappa shape index (κ1) is 15.9. The molecule has 0 bridgehead atoms. The zero-order chi connectivity index (χ0) is 15.4. The summed E-state index contributed by atoms with van der Waals surface area (Å²) >= 11 is 6.33. The van der Waals surface area contributed by atoms with Gasteiger partial charge >= 0.3 is 0 Å². The van der Waals surface area contributed by atoms with Crippen LogP contribution in [0.25, 0.3) is 0 Å². The highest BCUT2D eigenvalue weighted by Crippen LogP contribution is 2.32. The van der Waals surface area contributed by atoms with E-state index in [0.717, 1.165) is 17.0 Å². The molecule has 0 aliphatic carbocycles. The molecule has 21 heavy (non-hydrogen) atoms. The molecule has 0 amide bonds. The fourth-order valence-electron chi connectivity index (χ4n) is 2.65. The SMILES string of the molecule is Cc1ccc(N(C)C(C)c2ccccc2Cl)c(CCN)c1. The molecule has 2 aromatic rings. The van der Waals surface area contributed by atoms with Crippen molar-refractivity contribution in [2.75, 3.05) is 18.5 Å². The number of benzene rings is 2. The second kappa shape index (κ2) is 6.97. The maximum Gasteiger partial charge on any atom is 0.0525 e. The predicted octanol–water partition coefficient (Wildman–Crippen LogP) is 4.35. The van der Waals surface area contributed by atoms with Crippen molar-refractivity contribution < 1.29 is 0 Å². The van der Waals surface area contributed by atoms with Gasteiger partial charge in [-0.3, -0.25) is 0 Å². The lowest BCUT2D eigenvalue weighted by atomic mass is 10.0. The Hall–Kier alpha value is -1.51. The van der Waals surface area contributed by atoms with Crippen LogP contribution in [0.4, 0.5) is 5.69 Å². The number of nitrogens with two attached hydrogens (primary N) is 1. The van der Waals surface area contributed by atoms with Gasteiger partial charge < -0.3 is 10.6 Å². The summed E-state index contributed by atoms with van der Waals surface area (Å²) in [4.78, 5) is 2.27. The Kier molecular flexibility index (Phi) is 5.27. The highest BCUT2D eigenvalue weighted by Gasteiger charge is 2.17. The number of rotatable bonds is 5. The van der Waals surface area contributed by atoms with Gasteiger partial charge in [-0.15, -0.1) is 0 Å². The smallest absolute Gasteiger partial charge is 0.0525 e. The lowest BCUT2D eigenvalue weighted by molar-refractivity contribution is 0.734. The fraction of sp³-hybridized carbons (Fsp3) is 0.333. The Bertz CT molecular complexity index is 610. The van der Waals surface area contributed by atoms with Crippen LogP contribution in [0.1, 0.15) is 29.7 Å². The molecule has 0 spiro atoms. The van der Waals surface area contributed by atoms with E-state index in [1.54, 1.807) is 0 Å². The molecule has 2 N–H and O–H groups in total. The molecule has 0 aromatic heterocycles. The third-order valence-electron chi connectivity index (χ3n) is 3.96. The van der Waals surface area contributed by atoms with Crippen molar-refractivity contribution in [1.29, 1.82) is 0 Å². The van der Waals surface area contributed by atoms with Crippen LogP contribution in [0, 0.1) is 6.92 Å². The summed E-state index contributed by atoms with van der Waals surface area (Å²) in [6.45, 7) is 4.94. The van der Waals surface area contributed by atoms with Gasteiger partial charge in [0.25, 0.3) is 0 Å². The Labute approximate surface area is 132 Å². The molecule has 0 aliphatic rings. The van der Waals surface area contributed by atoms with Crippen molar-refractivity contribution in [2.45, 2.75) is 26.3 Å². The van der Waals surface area contributed by atoms with E-state index in [0.29, 0.717) is 6.54 Å². The molecule has 0 fully saturated rings. The summed E-state index contributed by atoms with van der Waals surface area (Å²) in [5, 5.41) is 0.810. The van der Waals surface area contributed by atoms with E-state index in [1.165, 1.54) is 16.8 Å². The van der Waals surface area contributed by atoms with E-state index in [2.05, 4.69) is 50.1 Å². The molecule has 3 heteroatoms. The predicted molar refractivity (Wildman–Crippen MR) is 92.2 cm³/mol. The monoisotopic (exact) mass is 302 g/mol. The van der Waals surface area contributed by atoms with E-state index >= 15 is 0 Å². The van der Waals surface area contributed by atoms with Gasteiger partial charge in [0.1, 0.15) is 0 Å². The van der Waals surface area contributed by atoms with Crippen molar-refractivity contribution in [3.05, 3.63) is 64.2 Å². The summed E-state index contributed by atoms with van der Waals surface area (Å²) in [7, 11) is 2.11. The first-order valence-corrected chi connectivity index (χ1v) is 7.69. The van der Waals surface area contributed by atoms with Gasteiger partial charge in [-0.05, 0) is 50.1 Å². The molecule has 1 atom stereocenters.